The van der Waals surface area contributed by atoms with E-state index >= 15 is 0 Å². The molecule has 0 radical (unpaired) electrons. The van der Waals surface area contributed by atoms with Gasteiger partial charge in [0, 0.05) is 13.0 Å². The molecule has 0 heterocycles. The van der Waals surface area contributed by atoms with E-state index in [1.54, 1.807) is 0 Å². The van der Waals surface area contributed by atoms with Gasteiger partial charge in [0.25, 0.3) is 0 Å². The Bertz CT molecular complexity index is 262. The van der Waals surface area contributed by atoms with Crippen molar-refractivity contribution in [3.8, 4) is 12.3 Å². The van der Waals surface area contributed by atoms with Crippen LogP contribution in [0.15, 0.2) is 0 Å². The lowest BCUT2D eigenvalue weighted by Crippen LogP contribution is -2.35. The molecule has 1 atom stereocenters. The minimum atomic E-state index is 0.169. The average molecular weight is 222 g/mol. The summed E-state index contributed by atoms with van der Waals surface area (Å²) >= 11 is 0. The van der Waals surface area contributed by atoms with E-state index in [1.807, 2.05) is 4.90 Å². The van der Waals surface area contributed by atoms with Crippen LogP contribution in [-0.2, 0) is 4.79 Å². The van der Waals surface area contributed by atoms with Crippen molar-refractivity contribution in [3.63, 3.8) is 0 Å². The van der Waals surface area contributed by atoms with Gasteiger partial charge in [-0.15, -0.1) is 6.42 Å². The summed E-state index contributed by atoms with van der Waals surface area (Å²) in [6.45, 7) is 3.92. The summed E-state index contributed by atoms with van der Waals surface area (Å²) in [4.78, 5) is 13.8. The number of carbonyl (C=O) groups excluding carboxylic acids is 1. The van der Waals surface area contributed by atoms with Crippen LogP contribution in [0, 0.1) is 24.2 Å². The fourth-order valence-corrected chi connectivity index (χ4v) is 1.75. The second-order valence-corrected chi connectivity index (χ2v) is 4.64. The predicted octanol–water partition coefficient (Wildman–Crippen LogP) is 1.23. The third kappa shape index (κ3) is 4.24. The lowest BCUT2D eigenvalue weighted by molar-refractivity contribution is -0.131. The minimum absolute atomic E-state index is 0.169. The summed E-state index contributed by atoms with van der Waals surface area (Å²) in [7, 11) is 0. The van der Waals surface area contributed by atoms with E-state index in [-0.39, 0.29) is 5.91 Å². The first-order valence-corrected chi connectivity index (χ1v) is 6.12. The number of hydrogen-bond acceptors (Lipinski definition) is 2. The van der Waals surface area contributed by atoms with Gasteiger partial charge in [-0.2, -0.15) is 0 Å². The fourth-order valence-electron chi connectivity index (χ4n) is 1.75. The Labute approximate surface area is 98.4 Å². The van der Waals surface area contributed by atoms with Crippen molar-refractivity contribution in [1.82, 2.24) is 4.90 Å². The van der Waals surface area contributed by atoms with Crippen molar-refractivity contribution < 1.29 is 4.79 Å². The van der Waals surface area contributed by atoms with E-state index in [2.05, 4.69) is 12.8 Å². The maximum atomic E-state index is 12.0. The van der Waals surface area contributed by atoms with Crippen LogP contribution >= 0.6 is 0 Å². The summed E-state index contributed by atoms with van der Waals surface area (Å²) in [6, 6.07) is 0. The predicted molar refractivity (Wildman–Crippen MR) is 65.6 cm³/mol. The van der Waals surface area contributed by atoms with Gasteiger partial charge in [-0.05, 0) is 31.2 Å². The Morgan fingerprint density at radius 2 is 2.31 bits per heavy atom. The molecular weight excluding hydrogens is 200 g/mol. The molecule has 0 aromatic rings. The number of nitrogens with two attached hydrogens (primary N) is 1. The van der Waals surface area contributed by atoms with Crippen molar-refractivity contribution in [2.75, 3.05) is 19.6 Å². The van der Waals surface area contributed by atoms with Gasteiger partial charge in [-0.25, -0.2) is 0 Å². The molecule has 1 saturated carbocycles. The Kier molecular flexibility index (Phi) is 5.34. The Morgan fingerprint density at radius 3 is 2.75 bits per heavy atom. The summed E-state index contributed by atoms with van der Waals surface area (Å²) in [5.74, 6) is 3.72. The SMILES string of the molecule is C#CCN(CC1CC1)C(=O)CC(CC)CN. The molecule has 1 fully saturated rings. The third-order valence-corrected chi connectivity index (χ3v) is 3.18. The molecule has 3 heteroatoms. The summed E-state index contributed by atoms with van der Waals surface area (Å²) in [5, 5.41) is 0. The van der Waals surface area contributed by atoms with Crippen LogP contribution in [0.1, 0.15) is 32.6 Å². The molecule has 1 amide bonds. The van der Waals surface area contributed by atoms with Gasteiger partial charge < -0.3 is 10.6 Å². The highest BCUT2D eigenvalue weighted by Gasteiger charge is 2.26. The summed E-state index contributed by atoms with van der Waals surface area (Å²) in [6.07, 6.45) is 9.26. The van der Waals surface area contributed by atoms with Crippen LogP contribution in [0.25, 0.3) is 0 Å². The molecule has 0 saturated heterocycles. The number of amides is 1. The van der Waals surface area contributed by atoms with Gasteiger partial charge in [-0.1, -0.05) is 19.3 Å². The summed E-state index contributed by atoms with van der Waals surface area (Å²) in [5.41, 5.74) is 5.61. The topological polar surface area (TPSA) is 46.3 Å². The standard InChI is InChI=1S/C13H22N2O/c1-3-7-15(10-12-5-6-12)13(16)8-11(4-2)9-14/h1,11-12H,4-10,14H2,2H3. The van der Waals surface area contributed by atoms with E-state index in [0.717, 1.165) is 13.0 Å². The number of terminal acetylenes is 1. The lowest BCUT2D eigenvalue weighted by Gasteiger charge is -2.22. The minimum Gasteiger partial charge on any atom is -0.331 e. The van der Waals surface area contributed by atoms with Crippen molar-refractivity contribution >= 4 is 5.91 Å². The second kappa shape index (κ2) is 6.55. The highest BCUT2D eigenvalue weighted by atomic mass is 16.2. The van der Waals surface area contributed by atoms with Crippen LogP contribution in [-0.4, -0.2) is 30.4 Å². The van der Waals surface area contributed by atoms with Crippen molar-refractivity contribution in [1.29, 1.82) is 0 Å². The molecule has 1 aliphatic rings. The van der Waals surface area contributed by atoms with Crippen LogP contribution < -0.4 is 5.73 Å². The molecule has 0 spiro atoms. The van der Waals surface area contributed by atoms with Crippen molar-refractivity contribution in [3.05, 3.63) is 0 Å². The first kappa shape index (κ1) is 13.1. The van der Waals surface area contributed by atoms with Gasteiger partial charge >= 0.3 is 0 Å². The van der Waals surface area contributed by atoms with Gasteiger partial charge in [0.1, 0.15) is 0 Å². The number of rotatable bonds is 7. The highest BCUT2D eigenvalue weighted by Crippen LogP contribution is 2.30. The maximum absolute atomic E-state index is 12.0. The van der Waals surface area contributed by atoms with Gasteiger partial charge in [0.05, 0.1) is 6.54 Å². The molecule has 1 unspecified atom stereocenters. The largest absolute Gasteiger partial charge is 0.331 e. The fraction of sp³-hybridized carbons (Fsp3) is 0.769. The highest BCUT2D eigenvalue weighted by molar-refractivity contribution is 5.76. The average Bonchev–Trinajstić information content (AvgIpc) is 3.08. The lowest BCUT2D eigenvalue weighted by atomic mass is 10.0. The Hall–Kier alpha value is -1.01. The number of hydrogen-bond donors (Lipinski definition) is 1. The van der Waals surface area contributed by atoms with E-state index in [9.17, 15) is 4.79 Å². The number of nitrogens with zero attached hydrogens (tertiary/aromatic N) is 1. The maximum Gasteiger partial charge on any atom is 0.223 e. The van der Waals surface area contributed by atoms with Crippen molar-refractivity contribution in [2.45, 2.75) is 32.6 Å². The molecule has 90 valence electrons. The Balaban J connectivity index is 2.42. The van der Waals surface area contributed by atoms with Crippen LogP contribution in [0.5, 0.6) is 0 Å². The normalized spacial score (nSPS) is 16.6. The molecule has 1 aliphatic carbocycles. The number of carbonyl (C=O) groups is 1. The Morgan fingerprint density at radius 1 is 1.62 bits per heavy atom. The van der Waals surface area contributed by atoms with Gasteiger partial charge in [0.15, 0.2) is 0 Å². The van der Waals surface area contributed by atoms with Gasteiger partial charge in [-0.3, -0.25) is 4.79 Å². The van der Waals surface area contributed by atoms with E-state index in [1.165, 1.54) is 12.8 Å². The zero-order chi connectivity index (χ0) is 12.0. The molecule has 16 heavy (non-hydrogen) atoms. The molecule has 3 nitrogen and oxygen atoms in total. The van der Waals surface area contributed by atoms with E-state index in [4.69, 9.17) is 12.2 Å². The zero-order valence-corrected chi connectivity index (χ0v) is 10.1. The molecular formula is C13H22N2O. The van der Waals surface area contributed by atoms with E-state index < -0.39 is 0 Å². The van der Waals surface area contributed by atoms with Crippen LogP contribution in [0.4, 0.5) is 0 Å². The van der Waals surface area contributed by atoms with E-state index in [0.29, 0.717) is 31.3 Å². The molecule has 2 N–H and O–H groups in total. The smallest absolute Gasteiger partial charge is 0.223 e. The summed E-state index contributed by atoms with van der Waals surface area (Å²) < 4.78 is 0. The van der Waals surface area contributed by atoms with Crippen LogP contribution in [0.2, 0.25) is 0 Å². The first-order chi connectivity index (χ1) is 7.71. The second-order valence-electron chi connectivity index (χ2n) is 4.64. The molecule has 0 aromatic carbocycles. The third-order valence-electron chi connectivity index (χ3n) is 3.18. The quantitative estimate of drug-likeness (QED) is 0.659. The zero-order valence-electron chi connectivity index (χ0n) is 10.1. The molecule has 0 bridgehead atoms. The molecule has 0 aliphatic heterocycles. The molecule has 0 aromatic heterocycles. The first-order valence-electron chi connectivity index (χ1n) is 6.12. The van der Waals surface area contributed by atoms with Gasteiger partial charge in [0.2, 0.25) is 5.91 Å². The van der Waals surface area contributed by atoms with Crippen LogP contribution in [0.3, 0.4) is 0 Å². The van der Waals surface area contributed by atoms with Crippen molar-refractivity contribution in [2.24, 2.45) is 17.6 Å². The monoisotopic (exact) mass is 222 g/mol. The molecule has 1 rings (SSSR count).